The van der Waals surface area contributed by atoms with Crippen LogP contribution in [-0.4, -0.2) is 15.8 Å². The molecule has 0 amide bonds. The summed E-state index contributed by atoms with van der Waals surface area (Å²) in [6.07, 6.45) is 1.68. The molecular formula is C9H10ClN3. The van der Waals surface area contributed by atoms with Gasteiger partial charge < -0.3 is 0 Å². The van der Waals surface area contributed by atoms with E-state index >= 15 is 0 Å². The summed E-state index contributed by atoms with van der Waals surface area (Å²) in [7, 11) is 0. The lowest BCUT2D eigenvalue weighted by molar-refractivity contribution is 0.865. The van der Waals surface area contributed by atoms with Crippen molar-refractivity contribution in [3.8, 4) is 6.07 Å². The van der Waals surface area contributed by atoms with Crippen LogP contribution < -0.4 is 0 Å². The molecule has 0 aliphatic carbocycles. The highest BCUT2D eigenvalue weighted by Gasteiger charge is 2.14. The van der Waals surface area contributed by atoms with Crippen LogP contribution >= 0.6 is 11.6 Å². The van der Waals surface area contributed by atoms with Gasteiger partial charge in [0.25, 0.3) is 0 Å². The van der Waals surface area contributed by atoms with Crippen molar-refractivity contribution >= 4 is 11.6 Å². The fourth-order valence-electron chi connectivity index (χ4n) is 1.05. The number of hydrogen-bond donors (Lipinski definition) is 0. The van der Waals surface area contributed by atoms with Crippen LogP contribution in [0, 0.1) is 25.2 Å². The number of nitriles is 1. The number of rotatable bonds is 2. The molecule has 0 bridgehead atoms. The highest BCUT2D eigenvalue weighted by atomic mass is 35.5. The van der Waals surface area contributed by atoms with E-state index < -0.39 is 0 Å². The number of hydrogen-bond acceptors (Lipinski definition) is 3. The fourth-order valence-corrected chi connectivity index (χ4v) is 1.27. The first-order valence-corrected chi connectivity index (χ1v) is 4.48. The van der Waals surface area contributed by atoms with Crippen LogP contribution in [0.3, 0.4) is 0 Å². The minimum atomic E-state index is -0.353. The van der Waals surface area contributed by atoms with Gasteiger partial charge in [-0.1, -0.05) is 0 Å². The van der Waals surface area contributed by atoms with Gasteiger partial charge >= 0.3 is 0 Å². The van der Waals surface area contributed by atoms with E-state index in [4.69, 9.17) is 16.9 Å². The molecule has 4 heteroatoms. The molecule has 0 spiro atoms. The Morgan fingerprint density at radius 3 is 2.85 bits per heavy atom. The maximum atomic E-state index is 8.79. The minimum absolute atomic E-state index is 0.259. The minimum Gasteiger partial charge on any atom is -0.258 e. The third-order valence-corrected chi connectivity index (χ3v) is 2.06. The molecule has 1 aromatic rings. The smallest absolute Gasteiger partial charge is 0.104 e. The van der Waals surface area contributed by atoms with Crippen molar-refractivity contribution in [1.29, 1.82) is 5.26 Å². The topological polar surface area (TPSA) is 49.6 Å². The van der Waals surface area contributed by atoms with E-state index in [0.29, 0.717) is 5.69 Å². The lowest BCUT2D eigenvalue weighted by atomic mass is 10.1. The number of aromatic nitrogens is 2. The molecule has 0 aromatic carbocycles. The van der Waals surface area contributed by atoms with E-state index in [1.54, 1.807) is 6.20 Å². The van der Waals surface area contributed by atoms with Gasteiger partial charge in [-0.05, 0) is 13.8 Å². The van der Waals surface area contributed by atoms with Crippen LogP contribution in [0.1, 0.15) is 23.0 Å². The predicted molar refractivity (Wildman–Crippen MR) is 50.6 cm³/mol. The van der Waals surface area contributed by atoms with Crippen molar-refractivity contribution in [3.63, 3.8) is 0 Å². The van der Waals surface area contributed by atoms with Gasteiger partial charge in [0.1, 0.15) is 5.92 Å². The van der Waals surface area contributed by atoms with Crippen LogP contribution in [0.4, 0.5) is 0 Å². The first kappa shape index (κ1) is 9.94. The lowest BCUT2D eigenvalue weighted by Crippen LogP contribution is -2.06. The molecule has 1 atom stereocenters. The van der Waals surface area contributed by atoms with E-state index in [1.165, 1.54) is 0 Å². The summed E-state index contributed by atoms with van der Waals surface area (Å²) >= 11 is 5.64. The number of halogens is 1. The van der Waals surface area contributed by atoms with Gasteiger partial charge in [0.2, 0.25) is 0 Å². The van der Waals surface area contributed by atoms with E-state index in [0.717, 1.165) is 11.4 Å². The van der Waals surface area contributed by atoms with Gasteiger partial charge in [-0.2, -0.15) is 5.26 Å². The Balaban J connectivity index is 3.13. The molecule has 68 valence electrons. The molecule has 1 heterocycles. The molecule has 0 N–H and O–H groups in total. The largest absolute Gasteiger partial charge is 0.258 e. The van der Waals surface area contributed by atoms with Crippen LogP contribution in [0.5, 0.6) is 0 Å². The van der Waals surface area contributed by atoms with Crippen molar-refractivity contribution in [2.45, 2.75) is 19.8 Å². The lowest BCUT2D eigenvalue weighted by Gasteiger charge is -2.07. The van der Waals surface area contributed by atoms with E-state index in [9.17, 15) is 0 Å². The zero-order chi connectivity index (χ0) is 9.84. The van der Waals surface area contributed by atoms with Gasteiger partial charge in [-0.25, -0.2) is 0 Å². The fraction of sp³-hybridized carbons (Fsp3) is 0.444. The summed E-state index contributed by atoms with van der Waals surface area (Å²) in [6, 6.07) is 2.10. The van der Waals surface area contributed by atoms with Crippen molar-refractivity contribution in [2.24, 2.45) is 0 Å². The second-order valence-electron chi connectivity index (χ2n) is 2.82. The first-order valence-electron chi connectivity index (χ1n) is 3.94. The molecule has 3 nitrogen and oxygen atoms in total. The SMILES string of the molecule is Cc1cnc(C)c(C(C#N)CCl)n1. The van der Waals surface area contributed by atoms with Crippen LogP contribution in [0.25, 0.3) is 0 Å². The molecule has 1 rings (SSSR count). The summed E-state index contributed by atoms with van der Waals surface area (Å²) in [5.41, 5.74) is 2.28. The van der Waals surface area contributed by atoms with E-state index in [1.807, 2.05) is 13.8 Å². The highest BCUT2D eigenvalue weighted by Crippen LogP contribution is 2.16. The Morgan fingerprint density at radius 1 is 1.62 bits per heavy atom. The normalized spacial score (nSPS) is 12.2. The van der Waals surface area contributed by atoms with Gasteiger partial charge in [-0.3, -0.25) is 9.97 Å². The van der Waals surface area contributed by atoms with Crippen molar-refractivity contribution in [3.05, 3.63) is 23.3 Å². The van der Waals surface area contributed by atoms with Crippen LogP contribution in [0.2, 0.25) is 0 Å². The number of aryl methyl sites for hydroxylation is 2. The number of nitrogens with zero attached hydrogens (tertiary/aromatic N) is 3. The summed E-state index contributed by atoms with van der Waals surface area (Å²) in [4.78, 5) is 8.37. The standard InChI is InChI=1S/C9H10ClN3/c1-6-5-12-7(2)9(13-6)8(3-10)4-11/h5,8H,3H2,1-2H3. The second kappa shape index (κ2) is 4.20. The highest BCUT2D eigenvalue weighted by molar-refractivity contribution is 6.18. The van der Waals surface area contributed by atoms with Gasteiger partial charge in [0, 0.05) is 12.1 Å². The Kier molecular flexibility index (Phi) is 3.21. The summed E-state index contributed by atoms with van der Waals surface area (Å²) in [5, 5.41) is 8.79. The third kappa shape index (κ3) is 2.16. The molecule has 1 unspecified atom stereocenters. The molecule has 0 radical (unpaired) electrons. The Morgan fingerprint density at radius 2 is 2.31 bits per heavy atom. The quantitative estimate of drug-likeness (QED) is 0.678. The average Bonchev–Trinajstić information content (AvgIpc) is 2.13. The van der Waals surface area contributed by atoms with Gasteiger partial charge in [0.05, 0.1) is 23.2 Å². The Bertz CT molecular complexity index is 343. The summed E-state index contributed by atoms with van der Waals surface area (Å²) in [5.74, 6) is -0.0933. The van der Waals surface area contributed by atoms with Crippen LogP contribution in [-0.2, 0) is 0 Å². The monoisotopic (exact) mass is 195 g/mol. The van der Waals surface area contributed by atoms with Crippen LogP contribution in [0.15, 0.2) is 6.20 Å². The molecule has 0 aliphatic heterocycles. The Hall–Kier alpha value is -1.14. The zero-order valence-corrected chi connectivity index (χ0v) is 8.34. The van der Waals surface area contributed by atoms with Gasteiger partial charge in [-0.15, -0.1) is 11.6 Å². The van der Waals surface area contributed by atoms with E-state index in [-0.39, 0.29) is 11.8 Å². The molecule has 0 saturated heterocycles. The maximum absolute atomic E-state index is 8.79. The number of alkyl halides is 1. The molecule has 0 saturated carbocycles. The molecule has 0 aliphatic rings. The zero-order valence-electron chi connectivity index (χ0n) is 7.58. The summed E-state index contributed by atoms with van der Waals surface area (Å²) in [6.45, 7) is 3.68. The van der Waals surface area contributed by atoms with Crippen molar-refractivity contribution in [1.82, 2.24) is 9.97 Å². The molecular weight excluding hydrogens is 186 g/mol. The molecule has 0 fully saturated rings. The Labute approximate surface area is 82.4 Å². The first-order chi connectivity index (χ1) is 6.19. The van der Waals surface area contributed by atoms with Crippen molar-refractivity contribution < 1.29 is 0 Å². The van der Waals surface area contributed by atoms with Crippen molar-refractivity contribution in [2.75, 3.05) is 5.88 Å². The molecule has 13 heavy (non-hydrogen) atoms. The maximum Gasteiger partial charge on any atom is 0.104 e. The van der Waals surface area contributed by atoms with E-state index in [2.05, 4.69) is 16.0 Å². The van der Waals surface area contributed by atoms with Gasteiger partial charge in [0.15, 0.2) is 0 Å². The average molecular weight is 196 g/mol. The third-order valence-electron chi connectivity index (χ3n) is 1.75. The second-order valence-corrected chi connectivity index (χ2v) is 3.13. The predicted octanol–water partition coefficient (Wildman–Crippen LogP) is 1.94. The molecule has 1 aromatic heterocycles. The summed E-state index contributed by atoms with van der Waals surface area (Å²) < 4.78 is 0.